The van der Waals surface area contributed by atoms with E-state index in [2.05, 4.69) is 144 Å². The number of nitrogens with zero attached hydrogens (tertiary/aromatic N) is 1. The Morgan fingerprint density at radius 1 is 0.510 bits per heavy atom. The van der Waals surface area contributed by atoms with Gasteiger partial charge in [-0.1, -0.05) is 97.1 Å². The molecule has 0 radical (unpaired) electrons. The molecule has 0 aromatic heterocycles. The number of benzene rings is 5. The van der Waals surface area contributed by atoms with Gasteiger partial charge in [0.2, 0.25) is 0 Å². The van der Waals surface area contributed by atoms with Crippen LogP contribution in [0.3, 0.4) is 0 Å². The second-order valence-electron chi connectivity index (χ2n) is 11.8. The zero-order valence-corrected chi connectivity index (χ0v) is 29.3. The van der Waals surface area contributed by atoms with Gasteiger partial charge in [0.05, 0.1) is 13.2 Å². The van der Waals surface area contributed by atoms with E-state index in [1.165, 1.54) is 27.8 Å². The summed E-state index contributed by atoms with van der Waals surface area (Å²) in [6.45, 7) is 10.4. The van der Waals surface area contributed by atoms with Crippen LogP contribution in [-0.4, -0.2) is 39.0 Å². The van der Waals surface area contributed by atoms with Crippen LogP contribution in [-0.2, 0) is 31.8 Å². The van der Waals surface area contributed by atoms with Gasteiger partial charge in [0, 0.05) is 30.3 Å². The summed E-state index contributed by atoms with van der Waals surface area (Å²) in [5.74, 6) is 0. The maximum Gasteiger partial charge on any atom is 0.154 e. The largest absolute Gasteiger partial charge is 0.353 e. The maximum atomic E-state index is 5.81. The molecule has 5 rings (SSSR count). The lowest BCUT2D eigenvalue weighted by molar-refractivity contribution is -0.126. The van der Waals surface area contributed by atoms with Gasteiger partial charge < -0.3 is 23.8 Å². The van der Waals surface area contributed by atoms with Gasteiger partial charge in [-0.15, -0.1) is 0 Å². The van der Waals surface area contributed by atoms with E-state index in [-0.39, 0.29) is 12.6 Å². The smallest absolute Gasteiger partial charge is 0.154 e. The summed E-state index contributed by atoms with van der Waals surface area (Å²) in [5.41, 5.74) is 10.4. The maximum absolute atomic E-state index is 5.81. The molecule has 0 heterocycles. The fraction of sp³-hybridized carbons (Fsp3) is 0.273. The van der Waals surface area contributed by atoms with Crippen molar-refractivity contribution >= 4 is 28.7 Å². The van der Waals surface area contributed by atoms with E-state index in [9.17, 15) is 0 Å². The fourth-order valence-electron chi connectivity index (χ4n) is 5.78. The Kier molecular flexibility index (Phi) is 13.8. The average Bonchev–Trinajstić information content (AvgIpc) is 3.13. The minimum absolute atomic E-state index is 0.198. The Bertz CT molecular complexity index is 1580. The van der Waals surface area contributed by atoms with Gasteiger partial charge in [-0.05, 0) is 116 Å². The molecule has 0 saturated carbocycles. The highest BCUT2D eigenvalue weighted by atomic mass is 16.7. The number of hydrogen-bond acceptors (Lipinski definition) is 5. The summed E-state index contributed by atoms with van der Waals surface area (Å²) in [4.78, 5) is 2.30. The zero-order chi connectivity index (χ0) is 34.3. The van der Waals surface area contributed by atoms with Crippen molar-refractivity contribution < 1.29 is 18.9 Å². The molecule has 0 aliphatic rings. The van der Waals surface area contributed by atoms with E-state index < -0.39 is 0 Å². The number of rotatable bonds is 18. The third-order valence-corrected chi connectivity index (χ3v) is 8.31. The molecule has 5 heteroatoms. The SMILES string of the molecule is CCOC(C)OCCc1ccc(N(c2ccc(C=C(c3ccccc3)c3ccccc3)cc2)c2ccc(CCOC(C)OCC)cc2)cc1. The molecule has 0 bridgehead atoms. The monoisotopic (exact) mass is 655 g/mol. The zero-order valence-electron chi connectivity index (χ0n) is 29.3. The molecule has 0 fully saturated rings. The third kappa shape index (κ3) is 10.7. The highest BCUT2D eigenvalue weighted by molar-refractivity contribution is 5.91. The number of anilines is 3. The predicted octanol–water partition coefficient (Wildman–Crippen LogP) is 10.6. The van der Waals surface area contributed by atoms with Gasteiger partial charge in [0.1, 0.15) is 0 Å². The summed E-state index contributed by atoms with van der Waals surface area (Å²) in [6, 6.07) is 47.4. The van der Waals surface area contributed by atoms with E-state index in [1.807, 2.05) is 27.7 Å². The first-order valence-electron chi connectivity index (χ1n) is 17.4. The summed E-state index contributed by atoms with van der Waals surface area (Å²) >= 11 is 0. The summed E-state index contributed by atoms with van der Waals surface area (Å²) < 4.78 is 22.6. The fourth-order valence-corrected chi connectivity index (χ4v) is 5.78. The lowest BCUT2D eigenvalue weighted by Gasteiger charge is -2.26. The molecule has 5 aromatic rings. The van der Waals surface area contributed by atoms with Crippen molar-refractivity contribution in [1.82, 2.24) is 0 Å². The van der Waals surface area contributed by atoms with E-state index in [1.54, 1.807) is 0 Å². The van der Waals surface area contributed by atoms with Crippen LogP contribution in [0, 0.1) is 0 Å². The van der Waals surface area contributed by atoms with E-state index >= 15 is 0 Å². The second-order valence-corrected chi connectivity index (χ2v) is 11.8. The molecule has 254 valence electrons. The van der Waals surface area contributed by atoms with Crippen molar-refractivity contribution in [3.05, 3.63) is 161 Å². The van der Waals surface area contributed by atoms with Gasteiger partial charge in [-0.25, -0.2) is 0 Å². The van der Waals surface area contributed by atoms with Crippen molar-refractivity contribution in [1.29, 1.82) is 0 Å². The summed E-state index contributed by atoms with van der Waals surface area (Å²) in [6.07, 6.45) is 3.52. The molecule has 0 aliphatic carbocycles. The molecule has 2 atom stereocenters. The van der Waals surface area contributed by atoms with Crippen LogP contribution in [0.1, 0.15) is 55.5 Å². The lowest BCUT2D eigenvalue weighted by atomic mass is 9.95. The van der Waals surface area contributed by atoms with E-state index in [0.717, 1.165) is 35.5 Å². The normalized spacial score (nSPS) is 12.3. The van der Waals surface area contributed by atoms with E-state index in [0.29, 0.717) is 26.4 Å². The van der Waals surface area contributed by atoms with Gasteiger partial charge in [0.25, 0.3) is 0 Å². The lowest BCUT2D eigenvalue weighted by Crippen LogP contribution is -2.14. The number of ether oxygens (including phenoxy) is 4. The molecule has 0 amide bonds. The first-order chi connectivity index (χ1) is 24.0. The third-order valence-electron chi connectivity index (χ3n) is 8.31. The first kappa shape index (κ1) is 35.8. The van der Waals surface area contributed by atoms with Crippen molar-refractivity contribution in [2.45, 2.75) is 53.1 Å². The van der Waals surface area contributed by atoms with Crippen molar-refractivity contribution in [3.8, 4) is 0 Å². The second kappa shape index (κ2) is 18.9. The molecule has 0 N–H and O–H groups in total. The van der Waals surface area contributed by atoms with Crippen molar-refractivity contribution in [3.63, 3.8) is 0 Å². The van der Waals surface area contributed by atoms with Crippen LogP contribution < -0.4 is 4.90 Å². The molecular weight excluding hydrogens is 606 g/mol. The predicted molar refractivity (Wildman–Crippen MR) is 202 cm³/mol. The molecule has 5 nitrogen and oxygen atoms in total. The molecule has 5 aromatic carbocycles. The topological polar surface area (TPSA) is 40.2 Å². The van der Waals surface area contributed by atoms with Crippen LogP contribution in [0.4, 0.5) is 17.1 Å². The Morgan fingerprint density at radius 3 is 1.29 bits per heavy atom. The van der Waals surface area contributed by atoms with Crippen molar-refractivity contribution in [2.24, 2.45) is 0 Å². The highest BCUT2D eigenvalue weighted by Gasteiger charge is 2.14. The Hall–Kier alpha value is -4.52. The molecule has 49 heavy (non-hydrogen) atoms. The standard InChI is InChI=1S/C44H49NO4/c1-5-46-34(3)48-31-29-36-17-23-41(24-18-36)45(42-25-19-37(20-26-42)30-32-49-35(4)47-6-2)43-27-21-38(22-28-43)33-44(39-13-9-7-10-14-39)40-15-11-8-12-16-40/h7-28,33-35H,5-6,29-32H2,1-4H3. The van der Waals surface area contributed by atoms with Crippen LogP contribution in [0.15, 0.2) is 133 Å². The van der Waals surface area contributed by atoms with Crippen LogP contribution in [0.5, 0.6) is 0 Å². The average molecular weight is 656 g/mol. The highest BCUT2D eigenvalue weighted by Crippen LogP contribution is 2.36. The van der Waals surface area contributed by atoms with Gasteiger partial charge >= 0.3 is 0 Å². The molecule has 2 unspecified atom stereocenters. The molecule has 0 aliphatic heterocycles. The molecular formula is C44H49NO4. The molecule has 0 spiro atoms. The number of hydrogen-bond donors (Lipinski definition) is 0. The van der Waals surface area contributed by atoms with Gasteiger partial charge in [-0.3, -0.25) is 0 Å². The minimum Gasteiger partial charge on any atom is -0.353 e. The summed E-state index contributed by atoms with van der Waals surface area (Å²) in [7, 11) is 0. The minimum atomic E-state index is -0.198. The van der Waals surface area contributed by atoms with Crippen LogP contribution in [0.2, 0.25) is 0 Å². The van der Waals surface area contributed by atoms with Crippen LogP contribution in [0.25, 0.3) is 11.6 Å². The summed E-state index contributed by atoms with van der Waals surface area (Å²) in [5, 5.41) is 0. The Balaban J connectivity index is 1.40. The first-order valence-corrected chi connectivity index (χ1v) is 17.4. The van der Waals surface area contributed by atoms with E-state index in [4.69, 9.17) is 18.9 Å². The van der Waals surface area contributed by atoms with Crippen LogP contribution >= 0.6 is 0 Å². The quantitative estimate of drug-likeness (QED) is 0.0694. The van der Waals surface area contributed by atoms with Gasteiger partial charge in [0.15, 0.2) is 12.6 Å². The Labute approximate surface area is 292 Å². The van der Waals surface area contributed by atoms with Crippen molar-refractivity contribution in [2.75, 3.05) is 31.3 Å². The molecule has 0 saturated heterocycles. The Morgan fingerprint density at radius 2 is 0.898 bits per heavy atom. The van der Waals surface area contributed by atoms with Gasteiger partial charge in [-0.2, -0.15) is 0 Å².